The fourth-order valence-electron chi connectivity index (χ4n) is 5.57. The average Bonchev–Trinajstić information content (AvgIpc) is 3.34. The maximum atomic E-state index is 9.98. The number of nitrogens with zero attached hydrogens (tertiary/aromatic N) is 5. The van der Waals surface area contributed by atoms with Crippen molar-refractivity contribution in [2.75, 3.05) is 76.2 Å². The van der Waals surface area contributed by atoms with E-state index in [0.717, 1.165) is 80.9 Å². The van der Waals surface area contributed by atoms with Crippen LogP contribution in [0.2, 0.25) is 0 Å². The van der Waals surface area contributed by atoms with E-state index in [9.17, 15) is 10.5 Å². The van der Waals surface area contributed by atoms with Crippen molar-refractivity contribution in [1.29, 1.82) is 5.26 Å². The van der Waals surface area contributed by atoms with Crippen LogP contribution in [0, 0.1) is 25.2 Å². The van der Waals surface area contributed by atoms with Gasteiger partial charge in [-0.25, -0.2) is 22.8 Å². The van der Waals surface area contributed by atoms with Crippen LogP contribution in [0.4, 0.5) is 11.4 Å². The summed E-state index contributed by atoms with van der Waals surface area (Å²) < 4.78 is 0. The van der Waals surface area contributed by atoms with E-state index in [1.165, 1.54) is 0 Å². The Labute approximate surface area is 419 Å². The number of nitriles is 1. The summed E-state index contributed by atoms with van der Waals surface area (Å²) in [5.74, 6) is 0.306. The monoisotopic (exact) mass is 1300 g/mol. The number of pyridine rings is 2. The van der Waals surface area contributed by atoms with E-state index in [4.69, 9.17) is 31.8 Å². The van der Waals surface area contributed by atoms with Crippen LogP contribution in [0.5, 0.6) is 0 Å². The summed E-state index contributed by atoms with van der Waals surface area (Å²) in [5.41, 5.74) is 18.9. The van der Waals surface area contributed by atoms with Crippen LogP contribution in [0.15, 0.2) is 97.1 Å². The van der Waals surface area contributed by atoms with Gasteiger partial charge in [0.25, 0.3) is 0 Å². The molecule has 0 saturated carbocycles. The molecule has 64 heavy (non-hydrogen) atoms. The molecule has 4 aromatic carbocycles. The second-order valence-corrected chi connectivity index (χ2v) is 12.6. The Bertz CT molecular complexity index is 2000. The summed E-state index contributed by atoms with van der Waals surface area (Å²) in [6.07, 6.45) is 2.65. The Morgan fingerprint density at radius 1 is 0.672 bits per heavy atom. The van der Waals surface area contributed by atoms with Gasteiger partial charge < -0.3 is 61.8 Å². The zero-order valence-corrected chi connectivity index (χ0v) is 42.9. The minimum absolute atomic E-state index is 0. The van der Waals surface area contributed by atoms with Crippen molar-refractivity contribution in [3.63, 3.8) is 0 Å². The Morgan fingerprint density at radius 3 is 1.31 bits per heavy atom. The topological polar surface area (TPSA) is 199 Å². The summed E-state index contributed by atoms with van der Waals surface area (Å²) in [7, 11) is 9.22. The molecule has 0 aliphatic carbocycles. The average molecular weight is 1300 g/mol. The second-order valence-electron chi connectivity index (χ2n) is 12.6. The number of halogens is 3. The van der Waals surface area contributed by atoms with Crippen molar-refractivity contribution in [1.82, 2.24) is 20.2 Å². The first-order chi connectivity index (χ1) is 30.4. The number of amidine groups is 1. The van der Waals surface area contributed by atoms with Crippen molar-refractivity contribution >= 4 is 92.1 Å². The maximum absolute atomic E-state index is 9.98. The summed E-state index contributed by atoms with van der Waals surface area (Å²) in [6.45, 7) is 15.6. The molecular formula is C47H66Cl3N10O2Pt2-5. The van der Waals surface area contributed by atoms with Crippen molar-refractivity contribution in [2.24, 2.45) is 0 Å². The van der Waals surface area contributed by atoms with Crippen LogP contribution in [0.25, 0.3) is 60.5 Å². The fraction of sp³-hybridized carbons (Fsp3) is 0.362. The zero-order chi connectivity index (χ0) is 46.4. The third kappa shape index (κ3) is 24.4. The molecule has 0 fully saturated rings. The SMILES string of the molecule is C.CCC#N.CCC(=[N-])N(CCO)CCNc1c2ccccc2nc2ccccc12.Cl.OCCNCCNc1c2ccccc2nc2ccccc12.[CH2-]CC[NH-].[CH2-]CC[NH-].[Cl][Pt].[Cl][Pt]. The van der Waals surface area contributed by atoms with Gasteiger partial charge in [0, 0.05) is 60.8 Å². The molecule has 0 spiro atoms. The third-order valence-corrected chi connectivity index (χ3v) is 8.31. The van der Waals surface area contributed by atoms with Crippen LogP contribution in [-0.2, 0) is 37.5 Å². The number of aliphatic hydroxyl groups excluding tert-OH is 2. The molecule has 7 N–H and O–H groups in total. The normalized spacial score (nSPS) is 9.39. The number of benzene rings is 4. The molecule has 0 bridgehead atoms. The first-order valence-corrected chi connectivity index (χ1v) is 25.8. The van der Waals surface area contributed by atoms with E-state index in [2.05, 4.69) is 72.9 Å². The van der Waals surface area contributed by atoms with Gasteiger partial charge >= 0.3 is 56.4 Å². The third-order valence-electron chi connectivity index (χ3n) is 8.31. The molecule has 2 heterocycles. The summed E-state index contributed by atoms with van der Waals surface area (Å²) in [6, 6.07) is 34.5. The number of para-hydroxylation sites is 4. The van der Waals surface area contributed by atoms with Crippen molar-refractivity contribution < 1.29 is 47.8 Å². The van der Waals surface area contributed by atoms with Crippen molar-refractivity contribution in [3.8, 4) is 6.07 Å². The van der Waals surface area contributed by atoms with Crippen LogP contribution >= 0.6 is 31.2 Å². The molecule has 2 aromatic heterocycles. The summed E-state index contributed by atoms with van der Waals surface area (Å²) in [5, 5.41) is 50.2. The molecular weight excluding hydrogens is 1230 g/mol. The van der Waals surface area contributed by atoms with Crippen molar-refractivity contribution in [2.45, 2.75) is 47.0 Å². The Morgan fingerprint density at radius 2 is 1.02 bits per heavy atom. The first-order valence-electron chi connectivity index (χ1n) is 20.1. The first kappa shape index (κ1) is 65.1. The van der Waals surface area contributed by atoms with Gasteiger partial charge in [0.2, 0.25) is 0 Å². The predicted octanol–water partition coefficient (Wildman–Crippen LogP) is 11.7. The predicted molar refractivity (Wildman–Crippen MR) is 273 cm³/mol. The van der Waals surface area contributed by atoms with Gasteiger partial charge in [0.1, 0.15) is 0 Å². The van der Waals surface area contributed by atoms with Gasteiger partial charge in [-0.15, -0.1) is 12.4 Å². The molecule has 0 aliphatic heterocycles. The molecule has 17 heteroatoms. The minimum atomic E-state index is 0. The molecule has 12 nitrogen and oxygen atoms in total. The Kier molecular flexibility index (Phi) is 44.5. The van der Waals surface area contributed by atoms with Gasteiger partial charge in [0.05, 0.1) is 46.1 Å². The molecule has 362 valence electrons. The van der Waals surface area contributed by atoms with Gasteiger partial charge in [-0.3, -0.25) is 0 Å². The standard InChI is InChI=1S/C20H23N4O.C17H19N3O.2C3H7N.C3H5N.CH4.3ClH.2Pt/c1-2-19(21)24(13-14-25)12-11-22-20-15-7-3-5-9-17(15)23-18-10-6-4-8-16(18)20;21-12-11-18-9-10-19-17-13-5-1-3-7-15(13)20-16-8-4-2-6-14(16)17;3*1-2-3-4;;;;;;/h3-10,25H,2,11-14H2,1H3,(H,22,23);1-8,18,21H,9-12H2,(H,19,20);2*4H,1-3H2;2H2,1H3;1H4;3*1H;;/q-1;;2*-2;;;;;;2*+1/p-2. The molecule has 0 saturated heterocycles. The number of hydrogen-bond donors (Lipinski definition) is 5. The molecule has 0 amide bonds. The molecule has 0 aliphatic rings. The number of aliphatic hydroxyl groups is 2. The quantitative estimate of drug-likeness (QED) is 0.0218. The Hall–Kier alpha value is -3.17. The van der Waals surface area contributed by atoms with Crippen LogP contribution in [0.1, 0.15) is 47.0 Å². The molecule has 0 unspecified atom stereocenters. The fourth-order valence-corrected chi connectivity index (χ4v) is 5.57. The van der Waals surface area contributed by atoms with E-state index >= 15 is 0 Å². The Balaban J connectivity index is -0.000000860. The van der Waals surface area contributed by atoms with Crippen LogP contribution in [-0.4, -0.2) is 96.5 Å². The number of hydrogen-bond acceptors (Lipinski definition) is 8. The van der Waals surface area contributed by atoms with Crippen LogP contribution < -0.4 is 16.0 Å². The second kappa shape index (κ2) is 43.7. The van der Waals surface area contributed by atoms with Gasteiger partial charge in [-0.05, 0) is 43.8 Å². The molecule has 6 aromatic rings. The van der Waals surface area contributed by atoms with Gasteiger partial charge in [-0.2, -0.15) is 18.4 Å². The van der Waals surface area contributed by atoms with E-state index in [-0.39, 0.29) is 33.0 Å². The summed E-state index contributed by atoms with van der Waals surface area (Å²) >= 11 is 3.22. The van der Waals surface area contributed by atoms with Gasteiger partial charge in [-0.1, -0.05) is 99.9 Å². The zero-order valence-electron chi connectivity index (χ0n) is 36.0. The number of fused-ring (bicyclic) bond motifs is 4. The number of aromatic nitrogens is 2. The van der Waals surface area contributed by atoms with E-state index in [1.54, 1.807) is 42.4 Å². The molecule has 6 rings (SSSR count). The van der Waals surface area contributed by atoms with Gasteiger partial charge in [0.15, 0.2) is 0 Å². The number of rotatable bonds is 15. The summed E-state index contributed by atoms with van der Waals surface area (Å²) in [4.78, 5) is 11.2. The molecule has 0 radical (unpaired) electrons. The number of nitrogens with one attached hydrogen (secondary N) is 5. The van der Waals surface area contributed by atoms with E-state index < -0.39 is 0 Å². The number of anilines is 2. The van der Waals surface area contributed by atoms with Crippen LogP contribution in [0.3, 0.4) is 0 Å². The van der Waals surface area contributed by atoms with E-state index in [0.29, 0.717) is 57.9 Å². The van der Waals surface area contributed by atoms with Crippen molar-refractivity contribution in [3.05, 3.63) is 128 Å². The van der Waals surface area contributed by atoms with E-state index in [1.807, 2.05) is 92.7 Å². The molecule has 0 atom stereocenters.